The van der Waals surface area contributed by atoms with E-state index in [1.807, 2.05) is 0 Å². The highest BCUT2D eigenvalue weighted by molar-refractivity contribution is 5.95. The van der Waals surface area contributed by atoms with Crippen molar-refractivity contribution in [3.63, 3.8) is 0 Å². The van der Waals surface area contributed by atoms with E-state index in [0.29, 0.717) is 0 Å². The Morgan fingerprint density at radius 3 is 1.74 bits per heavy atom. The number of allylic oxidation sites excluding steroid dienone is 4. The Morgan fingerprint density at radius 1 is 0.530 bits per heavy atom. The van der Waals surface area contributed by atoms with E-state index < -0.39 is 0 Å². The number of nitrogens with zero attached hydrogens (tertiary/aromatic N) is 1. The summed E-state index contributed by atoms with van der Waals surface area (Å²) < 4.78 is 2.67. The molecule has 2 heterocycles. The molecule has 1 aliphatic heterocycles. The van der Waals surface area contributed by atoms with Crippen LogP contribution in [0.4, 0.5) is 0 Å². The minimum atomic E-state index is -0.0313. The second kappa shape index (κ2) is 19.1. The molecule has 66 heavy (non-hydrogen) atoms. The molecular weight excluding hydrogens is 795 g/mol. The van der Waals surface area contributed by atoms with Gasteiger partial charge in [-0.25, -0.2) is 0 Å². The van der Waals surface area contributed by atoms with Gasteiger partial charge in [-0.05, 0) is 177 Å². The Hall–Kier alpha value is -6.57. The SMILES string of the molecule is CC=CC=C(CC)c1cc(-c2cccc(-c3ccc4c(c3)-c3c5ccccc5cc[n+]3C(CC)(CC)C4(C)CC)c2)cc(-c2cc(-c3ccccc3)cc(-c3ccc(CCCC)cc3)c2)c1. The van der Waals surface area contributed by atoms with Crippen LogP contribution >= 0.6 is 0 Å². The predicted octanol–water partition coefficient (Wildman–Crippen LogP) is 18.0. The van der Waals surface area contributed by atoms with E-state index in [0.717, 1.165) is 32.1 Å². The number of rotatable bonds is 14. The van der Waals surface area contributed by atoms with E-state index >= 15 is 0 Å². The van der Waals surface area contributed by atoms with Crippen molar-refractivity contribution in [1.82, 2.24) is 0 Å². The van der Waals surface area contributed by atoms with Gasteiger partial charge < -0.3 is 0 Å². The first-order valence-electron chi connectivity index (χ1n) is 24.7. The highest BCUT2D eigenvalue weighted by atomic mass is 15.1. The van der Waals surface area contributed by atoms with Gasteiger partial charge in [-0.15, -0.1) is 0 Å². The van der Waals surface area contributed by atoms with Crippen LogP contribution in [0, 0.1) is 0 Å². The van der Waals surface area contributed by atoms with Crippen LogP contribution in [0.15, 0.2) is 188 Å². The molecule has 7 aromatic carbocycles. The highest BCUT2D eigenvalue weighted by Crippen LogP contribution is 2.53. The maximum atomic E-state index is 2.67. The molecule has 1 unspecified atom stereocenters. The molecule has 1 nitrogen and oxygen atoms in total. The lowest BCUT2D eigenvalue weighted by molar-refractivity contribution is -0.768. The number of unbranched alkanes of at least 4 members (excludes halogenated alkanes) is 1. The van der Waals surface area contributed by atoms with Crippen molar-refractivity contribution in [2.24, 2.45) is 0 Å². The van der Waals surface area contributed by atoms with Gasteiger partial charge in [0.1, 0.15) is 0 Å². The lowest BCUT2D eigenvalue weighted by Crippen LogP contribution is -2.68. The zero-order chi connectivity index (χ0) is 45.8. The van der Waals surface area contributed by atoms with Gasteiger partial charge in [0.05, 0.1) is 16.4 Å². The van der Waals surface area contributed by atoms with Crippen LogP contribution in [0.3, 0.4) is 0 Å². The third-order valence-electron chi connectivity index (χ3n) is 15.3. The van der Waals surface area contributed by atoms with Gasteiger partial charge in [-0.2, -0.15) is 4.57 Å². The van der Waals surface area contributed by atoms with Crippen LogP contribution in [0.2, 0.25) is 0 Å². The Labute approximate surface area is 395 Å². The number of pyridine rings is 1. The van der Waals surface area contributed by atoms with Crippen molar-refractivity contribution >= 4 is 16.3 Å². The fraction of sp³-hybridized carbons (Fsp3) is 0.246. The standard InChI is InChI=1S/C65H66N/c1-8-14-22-46-30-32-49(33-31-46)56-41-55(48-24-17-16-18-25-48)42-59(43-56)58-40-54(47(10-3)23-15-9-2)39-57(44-58)52-28-21-27-51(38-52)53-34-35-62-61(45-53)63-60-29-20-19-26-50(60)36-37-66(63)65(12-5,13-6)64(62,7)11-4/h9,15-21,23-45H,8,10-14,22H2,1-7H3/q+1. The minimum absolute atomic E-state index is 0.0305. The molecule has 9 rings (SSSR count). The molecule has 0 N–H and O–H groups in total. The maximum Gasteiger partial charge on any atom is 0.221 e. The Kier molecular flexibility index (Phi) is 12.9. The molecule has 0 amide bonds. The summed E-state index contributed by atoms with van der Waals surface area (Å²) in [6, 6.07) is 62.4. The number of aryl methyl sites for hydroxylation is 1. The summed E-state index contributed by atoms with van der Waals surface area (Å²) >= 11 is 0. The summed E-state index contributed by atoms with van der Waals surface area (Å²) in [5.74, 6) is 0. The largest absolute Gasteiger partial charge is 0.221 e. The Balaban J connectivity index is 1.20. The van der Waals surface area contributed by atoms with E-state index in [9.17, 15) is 0 Å². The molecule has 0 fully saturated rings. The van der Waals surface area contributed by atoms with E-state index in [2.05, 4.69) is 241 Å². The van der Waals surface area contributed by atoms with Gasteiger partial charge in [0.15, 0.2) is 11.7 Å². The van der Waals surface area contributed by atoms with E-state index in [-0.39, 0.29) is 11.0 Å². The quantitative estimate of drug-likeness (QED) is 0.0758. The second-order valence-electron chi connectivity index (χ2n) is 18.7. The minimum Gasteiger partial charge on any atom is -0.192 e. The molecule has 0 radical (unpaired) electrons. The average Bonchev–Trinajstić information content (AvgIpc) is 3.38. The lowest BCUT2D eigenvalue weighted by atomic mass is 9.58. The summed E-state index contributed by atoms with van der Waals surface area (Å²) in [6.45, 7) is 16.3. The Morgan fingerprint density at radius 2 is 1.09 bits per heavy atom. The zero-order valence-corrected chi connectivity index (χ0v) is 40.3. The predicted molar refractivity (Wildman–Crippen MR) is 285 cm³/mol. The molecule has 0 aliphatic carbocycles. The molecule has 0 bridgehead atoms. The molecule has 0 spiro atoms. The van der Waals surface area contributed by atoms with Crippen LogP contribution in [0.1, 0.15) is 104 Å². The fourth-order valence-corrected chi connectivity index (χ4v) is 11.3. The molecule has 8 aromatic rings. The number of benzene rings is 7. The van der Waals surface area contributed by atoms with Gasteiger partial charge >= 0.3 is 0 Å². The van der Waals surface area contributed by atoms with Gasteiger partial charge in [0.2, 0.25) is 5.69 Å². The summed E-state index contributed by atoms with van der Waals surface area (Å²) in [6.07, 6.45) is 16.7. The second-order valence-corrected chi connectivity index (χ2v) is 18.7. The van der Waals surface area contributed by atoms with E-state index in [4.69, 9.17) is 0 Å². The molecule has 0 saturated carbocycles. The van der Waals surface area contributed by atoms with E-state index in [1.54, 1.807) is 0 Å². The van der Waals surface area contributed by atoms with Crippen LogP contribution in [0.5, 0.6) is 0 Å². The first-order chi connectivity index (χ1) is 32.3. The molecule has 1 aromatic heterocycles. The number of hydrogen-bond acceptors (Lipinski definition) is 0. The normalized spacial score (nSPS) is 15.5. The molecule has 330 valence electrons. The molecule has 1 heteroatoms. The molecule has 0 saturated heterocycles. The van der Waals surface area contributed by atoms with Crippen molar-refractivity contribution in [3.05, 3.63) is 205 Å². The monoisotopic (exact) mass is 861 g/mol. The smallest absolute Gasteiger partial charge is 0.192 e. The van der Waals surface area contributed by atoms with Crippen LogP contribution in [0.25, 0.3) is 83.2 Å². The third-order valence-corrected chi connectivity index (χ3v) is 15.3. The number of aromatic nitrogens is 1. The fourth-order valence-electron chi connectivity index (χ4n) is 11.3. The third kappa shape index (κ3) is 8.08. The molecule has 1 atom stereocenters. The molecule has 1 aliphatic rings. The molecular formula is C65H66N+. The van der Waals surface area contributed by atoms with E-state index in [1.165, 1.54) is 113 Å². The first kappa shape index (κ1) is 44.6. The van der Waals surface area contributed by atoms with Crippen LogP contribution < -0.4 is 4.57 Å². The number of fused-ring (bicyclic) bond motifs is 5. The van der Waals surface area contributed by atoms with Crippen molar-refractivity contribution < 1.29 is 4.57 Å². The highest BCUT2D eigenvalue weighted by Gasteiger charge is 2.58. The van der Waals surface area contributed by atoms with Crippen LogP contribution in [-0.2, 0) is 17.4 Å². The first-order valence-corrected chi connectivity index (χ1v) is 24.7. The number of hydrogen-bond donors (Lipinski definition) is 0. The van der Waals surface area contributed by atoms with Gasteiger partial charge in [-0.3, -0.25) is 0 Å². The van der Waals surface area contributed by atoms with Gasteiger partial charge in [0.25, 0.3) is 0 Å². The van der Waals surface area contributed by atoms with Crippen LogP contribution in [-0.4, -0.2) is 0 Å². The summed E-state index contributed by atoms with van der Waals surface area (Å²) in [5.41, 5.74) is 20.3. The van der Waals surface area contributed by atoms with Crippen molar-refractivity contribution in [1.29, 1.82) is 0 Å². The summed E-state index contributed by atoms with van der Waals surface area (Å²) in [5, 5.41) is 2.61. The summed E-state index contributed by atoms with van der Waals surface area (Å²) in [7, 11) is 0. The zero-order valence-electron chi connectivity index (χ0n) is 40.3. The summed E-state index contributed by atoms with van der Waals surface area (Å²) in [4.78, 5) is 0. The average molecular weight is 861 g/mol. The van der Waals surface area contributed by atoms with Crippen molar-refractivity contribution in [2.75, 3.05) is 0 Å². The van der Waals surface area contributed by atoms with Crippen molar-refractivity contribution in [3.8, 4) is 66.9 Å². The maximum absolute atomic E-state index is 2.67. The lowest BCUT2D eigenvalue weighted by Gasteiger charge is -2.48. The Bertz CT molecular complexity index is 3070. The van der Waals surface area contributed by atoms with Crippen molar-refractivity contribution in [2.45, 2.75) is 104 Å². The topological polar surface area (TPSA) is 3.88 Å². The van der Waals surface area contributed by atoms with Gasteiger partial charge in [-0.1, -0.05) is 162 Å². The van der Waals surface area contributed by atoms with Gasteiger partial charge in [0, 0.05) is 18.9 Å².